The summed E-state index contributed by atoms with van der Waals surface area (Å²) in [6.45, 7) is 1.80. The number of carbonyl (C=O) groups is 3. The van der Waals surface area contributed by atoms with E-state index in [0.717, 1.165) is 0 Å². The second kappa shape index (κ2) is 8.02. The van der Waals surface area contributed by atoms with Crippen molar-refractivity contribution in [3.8, 4) is 5.75 Å². The fraction of sp³-hybridized carbons (Fsp3) is 0.400. The quantitative estimate of drug-likeness (QED) is 0.491. The first-order valence-electron chi connectivity index (χ1n) is 6.87. The number of nitrogens with two attached hydrogens (primary N) is 1. The number of anilines is 1. The molecule has 0 aliphatic rings. The molecular formula is C15H20N2O5. The van der Waals surface area contributed by atoms with Crippen LogP contribution in [0.3, 0.4) is 0 Å². The summed E-state index contributed by atoms with van der Waals surface area (Å²) < 4.78 is 5.02. The highest BCUT2D eigenvalue weighted by Crippen LogP contribution is 2.21. The molecule has 0 fully saturated rings. The van der Waals surface area contributed by atoms with E-state index < -0.39 is 23.7 Å². The van der Waals surface area contributed by atoms with Crippen LogP contribution in [-0.4, -0.2) is 35.9 Å². The van der Waals surface area contributed by atoms with Crippen LogP contribution in [0.1, 0.15) is 36.5 Å². The summed E-state index contributed by atoms with van der Waals surface area (Å²) >= 11 is 0. The van der Waals surface area contributed by atoms with Gasteiger partial charge in [-0.15, -0.1) is 0 Å². The number of nitrogens with one attached hydrogen (secondary N) is 1. The van der Waals surface area contributed by atoms with Crippen molar-refractivity contribution in [2.75, 3.05) is 12.8 Å². The van der Waals surface area contributed by atoms with E-state index >= 15 is 0 Å². The third kappa shape index (κ3) is 4.76. The Bertz CT molecular complexity index is 571. The standard InChI is InChI=1S/C15H20N2O5/c1-3-4-14(19)17-12(15(20)21)8-13(18)10-7-9(22-2)5-6-11(10)16/h5-7,12H,3-4,8,16H2,1-2H3,(H,17,19)(H,20,21). The smallest absolute Gasteiger partial charge is 0.326 e. The number of methoxy groups -OCH3 is 1. The minimum Gasteiger partial charge on any atom is -0.497 e. The number of benzene rings is 1. The summed E-state index contributed by atoms with van der Waals surface area (Å²) in [5.41, 5.74) is 6.14. The van der Waals surface area contributed by atoms with E-state index in [2.05, 4.69) is 5.32 Å². The van der Waals surface area contributed by atoms with E-state index in [-0.39, 0.29) is 24.1 Å². The summed E-state index contributed by atoms with van der Waals surface area (Å²) in [6, 6.07) is 3.28. The van der Waals surface area contributed by atoms with E-state index in [1.165, 1.54) is 19.2 Å². The predicted octanol–water partition coefficient (Wildman–Crippen LogP) is 1.22. The van der Waals surface area contributed by atoms with Gasteiger partial charge < -0.3 is 20.9 Å². The Morgan fingerprint density at radius 2 is 2.05 bits per heavy atom. The van der Waals surface area contributed by atoms with Crippen LogP contribution in [0, 0.1) is 0 Å². The fourth-order valence-electron chi connectivity index (χ4n) is 1.89. The molecule has 4 N–H and O–H groups in total. The largest absolute Gasteiger partial charge is 0.497 e. The first kappa shape index (κ1) is 17.5. The Hall–Kier alpha value is -2.57. The van der Waals surface area contributed by atoms with Crippen LogP contribution in [0.4, 0.5) is 5.69 Å². The zero-order chi connectivity index (χ0) is 16.7. The molecule has 0 aliphatic heterocycles. The summed E-state index contributed by atoms with van der Waals surface area (Å²) in [6.07, 6.45) is 0.427. The number of carboxylic acids is 1. The molecule has 0 spiro atoms. The van der Waals surface area contributed by atoms with Crippen molar-refractivity contribution in [1.82, 2.24) is 5.32 Å². The van der Waals surface area contributed by atoms with Crippen molar-refractivity contribution in [2.24, 2.45) is 0 Å². The van der Waals surface area contributed by atoms with Crippen molar-refractivity contribution in [3.63, 3.8) is 0 Å². The number of rotatable bonds is 8. The molecule has 0 saturated carbocycles. The van der Waals surface area contributed by atoms with Crippen LogP contribution in [0.15, 0.2) is 18.2 Å². The zero-order valence-electron chi connectivity index (χ0n) is 12.6. The molecule has 7 heteroatoms. The van der Waals surface area contributed by atoms with Gasteiger partial charge in [-0.25, -0.2) is 4.79 Å². The topological polar surface area (TPSA) is 119 Å². The molecule has 1 unspecified atom stereocenters. The lowest BCUT2D eigenvalue weighted by Crippen LogP contribution is -2.42. The van der Waals surface area contributed by atoms with E-state index in [1.54, 1.807) is 13.0 Å². The predicted molar refractivity (Wildman–Crippen MR) is 80.8 cm³/mol. The van der Waals surface area contributed by atoms with Gasteiger partial charge in [-0.2, -0.15) is 0 Å². The van der Waals surface area contributed by atoms with Crippen LogP contribution in [0.2, 0.25) is 0 Å². The lowest BCUT2D eigenvalue weighted by Gasteiger charge is -2.14. The molecule has 0 heterocycles. The second-order valence-electron chi connectivity index (χ2n) is 4.79. The van der Waals surface area contributed by atoms with Crippen LogP contribution in [-0.2, 0) is 9.59 Å². The molecule has 0 aromatic heterocycles. The van der Waals surface area contributed by atoms with Crippen LogP contribution in [0.25, 0.3) is 0 Å². The third-order valence-electron chi connectivity index (χ3n) is 3.06. The average molecular weight is 308 g/mol. The van der Waals surface area contributed by atoms with E-state index in [4.69, 9.17) is 15.6 Å². The molecule has 0 bridgehead atoms. The van der Waals surface area contributed by atoms with Gasteiger partial charge in [0.2, 0.25) is 5.91 Å². The van der Waals surface area contributed by atoms with Gasteiger partial charge in [0.05, 0.1) is 7.11 Å². The number of Topliss-reactive ketones (excluding diaryl/α,β-unsaturated/α-hetero) is 1. The summed E-state index contributed by atoms with van der Waals surface area (Å²) in [5, 5.41) is 11.5. The van der Waals surface area contributed by atoms with E-state index in [0.29, 0.717) is 12.2 Å². The van der Waals surface area contributed by atoms with Crippen molar-refractivity contribution in [2.45, 2.75) is 32.2 Å². The molecule has 1 aromatic carbocycles. The Kier molecular flexibility index (Phi) is 6.37. The van der Waals surface area contributed by atoms with Crippen LogP contribution in [0.5, 0.6) is 5.75 Å². The number of carboxylic acid groups (broad SMARTS) is 1. The van der Waals surface area contributed by atoms with Gasteiger partial charge in [-0.3, -0.25) is 9.59 Å². The van der Waals surface area contributed by atoms with Crippen molar-refractivity contribution in [3.05, 3.63) is 23.8 Å². The Morgan fingerprint density at radius 1 is 1.36 bits per heavy atom. The third-order valence-corrected chi connectivity index (χ3v) is 3.06. The maximum Gasteiger partial charge on any atom is 0.326 e. The van der Waals surface area contributed by atoms with Gasteiger partial charge in [-0.05, 0) is 24.6 Å². The number of hydrogen-bond acceptors (Lipinski definition) is 5. The lowest BCUT2D eigenvalue weighted by atomic mass is 10.0. The van der Waals surface area contributed by atoms with Gasteiger partial charge >= 0.3 is 5.97 Å². The van der Waals surface area contributed by atoms with Crippen molar-refractivity contribution < 1.29 is 24.2 Å². The number of amides is 1. The number of ketones is 1. The first-order valence-corrected chi connectivity index (χ1v) is 6.87. The molecule has 1 aromatic rings. The molecule has 1 atom stereocenters. The van der Waals surface area contributed by atoms with Gasteiger partial charge in [0, 0.05) is 24.1 Å². The minimum atomic E-state index is -1.28. The molecule has 120 valence electrons. The molecule has 0 radical (unpaired) electrons. The zero-order valence-corrected chi connectivity index (χ0v) is 12.6. The fourth-order valence-corrected chi connectivity index (χ4v) is 1.89. The monoisotopic (exact) mass is 308 g/mol. The Balaban J connectivity index is 2.87. The Labute approximate surface area is 128 Å². The molecule has 1 amide bonds. The first-order chi connectivity index (χ1) is 10.4. The number of carbonyl (C=O) groups excluding carboxylic acids is 2. The van der Waals surface area contributed by atoms with E-state index in [1.807, 2.05) is 0 Å². The van der Waals surface area contributed by atoms with Crippen molar-refractivity contribution in [1.29, 1.82) is 0 Å². The Morgan fingerprint density at radius 3 is 2.59 bits per heavy atom. The normalized spacial score (nSPS) is 11.5. The molecule has 0 aliphatic carbocycles. The second-order valence-corrected chi connectivity index (χ2v) is 4.79. The molecule has 22 heavy (non-hydrogen) atoms. The SMILES string of the molecule is CCCC(=O)NC(CC(=O)c1cc(OC)ccc1N)C(=O)O. The molecular weight excluding hydrogens is 288 g/mol. The lowest BCUT2D eigenvalue weighted by molar-refractivity contribution is -0.141. The summed E-state index contributed by atoms with van der Waals surface area (Å²) in [7, 11) is 1.45. The maximum absolute atomic E-state index is 12.2. The van der Waals surface area contributed by atoms with Gasteiger partial charge in [0.1, 0.15) is 11.8 Å². The van der Waals surface area contributed by atoms with Crippen LogP contribution >= 0.6 is 0 Å². The summed E-state index contributed by atoms with van der Waals surface area (Å²) in [4.78, 5) is 34.9. The maximum atomic E-state index is 12.2. The highest BCUT2D eigenvalue weighted by Gasteiger charge is 2.24. The molecule has 0 saturated heterocycles. The number of aliphatic carboxylic acids is 1. The highest BCUT2D eigenvalue weighted by molar-refractivity contribution is 6.03. The minimum absolute atomic E-state index is 0.176. The number of ether oxygens (including phenoxy) is 1. The molecule has 1 rings (SSSR count). The van der Waals surface area contributed by atoms with Crippen molar-refractivity contribution >= 4 is 23.3 Å². The highest BCUT2D eigenvalue weighted by atomic mass is 16.5. The average Bonchev–Trinajstić information content (AvgIpc) is 2.47. The molecule has 7 nitrogen and oxygen atoms in total. The van der Waals surface area contributed by atoms with E-state index in [9.17, 15) is 14.4 Å². The summed E-state index contributed by atoms with van der Waals surface area (Å²) in [5.74, 6) is -1.69. The van der Waals surface area contributed by atoms with Gasteiger partial charge in [-0.1, -0.05) is 6.92 Å². The number of nitrogen functional groups attached to an aromatic ring is 1. The van der Waals surface area contributed by atoms with Gasteiger partial charge in [0.15, 0.2) is 5.78 Å². The van der Waals surface area contributed by atoms with Gasteiger partial charge in [0.25, 0.3) is 0 Å². The number of hydrogen-bond donors (Lipinski definition) is 3. The van der Waals surface area contributed by atoms with Crippen LogP contribution < -0.4 is 15.8 Å².